The zero-order chi connectivity index (χ0) is 13.3. The molecular weight excluding hydrogens is 226 g/mol. The molecule has 4 nitrogen and oxygen atoms in total. The standard InChI is InChI=1S/C14H19N3O/c1-10(16(2)3)9-17-13(15)8-11-6-4-5-7-12(11)14(17)18/h4-8,10H,9,15H2,1-3H3. The summed E-state index contributed by atoms with van der Waals surface area (Å²) in [5.74, 6) is 0.521. The van der Waals surface area contributed by atoms with Gasteiger partial charge < -0.3 is 10.6 Å². The molecule has 1 atom stereocenters. The normalized spacial score (nSPS) is 13.1. The summed E-state index contributed by atoms with van der Waals surface area (Å²) in [6.45, 7) is 2.67. The van der Waals surface area contributed by atoms with E-state index in [9.17, 15) is 4.79 Å². The largest absolute Gasteiger partial charge is 0.385 e. The number of rotatable bonds is 3. The smallest absolute Gasteiger partial charge is 0.260 e. The molecule has 0 radical (unpaired) electrons. The zero-order valence-electron chi connectivity index (χ0n) is 11.1. The summed E-state index contributed by atoms with van der Waals surface area (Å²) in [6, 6.07) is 9.65. The molecular formula is C14H19N3O. The highest BCUT2D eigenvalue weighted by molar-refractivity contribution is 5.83. The van der Waals surface area contributed by atoms with Gasteiger partial charge in [0.25, 0.3) is 5.56 Å². The Morgan fingerprint density at radius 1 is 1.33 bits per heavy atom. The second-order valence-electron chi connectivity index (χ2n) is 4.88. The summed E-state index contributed by atoms with van der Waals surface area (Å²) < 4.78 is 1.65. The zero-order valence-corrected chi connectivity index (χ0v) is 11.1. The van der Waals surface area contributed by atoms with Crippen LogP contribution in [0.3, 0.4) is 0 Å². The van der Waals surface area contributed by atoms with Crippen LogP contribution in [0.5, 0.6) is 0 Å². The molecule has 0 bridgehead atoms. The first-order chi connectivity index (χ1) is 8.50. The van der Waals surface area contributed by atoms with Gasteiger partial charge in [-0.3, -0.25) is 9.36 Å². The summed E-state index contributed by atoms with van der Waals surface area (Å²) >= 11 is 0. The average Bonchev–Trinajstić information content (AvgIpc) is 2.34. The Kier molecular flexibility index (Phi) is 3.39. The van der Waals surface area contributed by atoms with Gasteiger partial charge in [-0.1, -0.05) is 18.2 Å². The molecule has 1 unspecified atom stereocenters. The third-order valence-corrected chi connectivity index (χ3v) is 3.38. The van der Waals surface area contributed by atoms with Gasteiger partial charge in [0, 0.05) is 18.0 Å². The van der Waals surface area contributed by atoms with Gasteiger partial charge in [0.15, 0.2) is 0 Å². The first-order valence-corrected chi connectivity index (χ1v) is 6.05. The maximum Gasteiger partial charge on any atom is 0.260 e. The highest BCUT2D eigenvalue weighted by atomic mass is 16.1. The third kappa shape index (κ3) is 2.24. The number of hydrogen-bond acceptors (Lipinski definition) is 3. The molecule has 0 saturated heterocycles. The lowest BCUT2D eigenvalue weighted by atomic mass is 10.1. The number of nitrogens with two attached hydrogens (primary N) is 1. The molecule has 4 heteroatoms. The predicted molar refractivity (Wildman–Crippen MR) is 75.8 cm³/mol. The number of nitrogens with zero attached hydrogens (tertiary/aromatic N) is 2. The fourth-order valence-electron chi connectivity index (χ4n) is 1.93. The Morgan fingerprint density at radius 3 is 2.67 bits per heavy atom. The van der Waals surface area contributed by atoms with Crippen molar-refractivity contribution in [2.75, 3.05) is 19.8 Å². The molecule has 0 spiro atoms. The maximum absolute atomic E-state index is 12.4. The third-order valence-electron chi connectivity index (χ3n) is 3.38. The van der Waals surface area contributed by atoms with Gasteiger partial charge >= 0.3 is 0 Å². The minimum Gasteiger partial charge on any atom is -0.385 e. The molecule has 18 heavy (non-hydrogen) atoms. The van der Waals surface area contributed by atoms with Crippen molar-refractivity contribution in [3.8, 4) is 0 Å². The van der Waals surface area contributed by atoms with Crippen LogP contribution in [0.1, 0.15) is 6.92 Å². The van der Waals surface area contributed by atoms with Gasteiger partial charge in [0.2, 0.25) is 0 Å². The summed E-state index contributed by atoms with van der Waals surface area (Å²) in [4.78, 5) is 14.4. The summed E-state index contributed by atoms with van der Waals surface area (Å²) in [7, 11) is 3.99. The Balaban J connectivity index is 2.54. The van der Waals surface area contributed by atoms with Crippen LogP contribution in [0.25, 0.3) is 10.8 Å². The van der Waals surface area contributed by atoms with Crippen LogP contribution in [0.2, 0.25) is 0 Å². The first kappa shape index (κ1) is 12.6. The van der Waals surface area contributed by atoms with E-state index >= 15 is 0 Å². The van der Waals surface area contributed by atoms with Gasteiger partial charge in [-0.25, -0.2) is 0 Å². The van der Waals surface area contributed by atoms with Crippen molar-refractivity contribution in [1.29, 1.82) is 0 Å². The first-order valence-electron chi connectivity index (χ1n) is 6.05. The van der Waals surface area contributed by atoms with Crippen molar-refractivity contribution < 1.29 is 0 Å². The summed E-state index contributed by atoms with van der Waals surface area (Å²) in [6.07, 6.45) is 0. The Hall–Kier alpha value is -1.81. The molecule has 2 rings (SSSR count). The Labute approximate surface area is 107 Å². The van der Waals surface area contributed by atoms with E-state index in [1.54, 1.807) is 4.57 Å². The van der Waals surface area contributed by atoms with Crippen molar-refractivity contribution in [2.24, 2.45) is 0 Å². The predicted octanol–water partition coefficient (Wildman–Crippen LogP) is 1.53. The van der Waals surface area contributed by atoms with E-state index < -0.39 is 0 Å². The second-order valence-corrected chi connectivity index (χ2v) is 4.88. The van der Waals surface area contributed by atoms with Crippen molar-refractivity contribution in [2.45, 2.75) is 19.5 Å². The van der Waals surface area contributed by atoms with Crippen LogP contribution in [0, 0.1) is 0 Å². The summed E-state index contributed by atoms with van der Waals surface area (Å²) in [5.41, 5.74) is 5.97. The highest BCUT2D eigenvalue weighted by Crippen LogP contribution is 2.13. The number of benzene rings is 1. The molecule has 1 heterocycles. The number of fused-ring (bicyclic) bond motifs is 1. The Morgan fingerprint density at radius 2 is 2.00 bits per heavy atom. The van der Waals surface area contributed by atoms with Crippen molar-refractivity contribution in [1.82, 2.24) is 9.47 Å². The fourth-order valence-corrected chi connectivity index (χ4v) is 1.93. The number of hydrogen-bond donors (Lipinski definition) is 1. The van der Waals surface area contributed by atoms with Crippen LogP contribution < -0.4 is 11.3 Å². The summed E-state index contributed by atoms with van der Waals surface area (Å²) in [5, 5.41) is 1.62. The monoisotopic (exact) mass is 245 g/mol. The lowest BCUT2D eigenvalue weighted by Gasteiger charge is -2.22. The van der Waals surface area contributed by atoms with Crippen LogP contribution in [-0.2, 0) is 6.54 Å². The lowest BCUT2D eigenvalue weighted by Crippen LogP contribution is -2.34. The van der Waals surface area contributed by atoms with Crippen LogP contribution in [-0.4, -0.2) is 29.6 Å². The number of likely N-dealkylation sites (N-methyl/N-ethyl adjacent to an activating group) is 1. The molecule has 0 aliphatic carbocycles. The fraction of sp³-hybridized carbons (Fsp3) is 0.357. The Bertz CT molecular complexity index is 616. The van der Waals surface area contributed by atoms with Crippen LogP contribution in [0.4, 0.5) is 5.82 Å². The molecule has 2 N–H and O–H groups in total. The molecule has 1 aromatic heterocycles. The number of pyridine rings is 1. The lowest BCUT2D eigenvalue weighted by molar-refractivity contribution is 0.283. The van der Waals surface area contributed by atoms with E-state index in [2.05, 4.69) is 11.8 Å². The molecule has 96 valence electrons. The SMILES string of the molecule is CC(Cn1c(N)cc2ccccc2c1=O)N(C)C. The molecule has 0 aliphatic heterocycles. The van der Waals surface area contributed by atoms with E-state index in [-0.39, 0.29) is 11.6 Å². The minimum absolute atomic E-state index is 0.0145. The van der Waals surface area contributed by atoms with Crippen molar-refractivity contribution >= 4 is 16.6 Å². The second kappa shape index (κ2) is 4.82. The molecule has 0 fully saturated rings. The number of aromatic nitrogens is 1. The van der Waals surface area contributed by atoms with Crippen molar-refractivity contribution in [3.05, 3.63) is 40.7 Å². The quantitative estimate of drug-likeness (QED) is 0.892. The topological polar surface area (TPSA) is 51.3 Å². The molecule has 0 saturated carbocycles. The molecule has 1 aromatic carbocycles. The number of anilines is 1. The number of nitrogen functional groups attached to an aromatic ring is 1. The molecule has 0 amide bonds. The maximum atomic E-state index is 12.4. The molecule has 0 aliphatic rings. The van der Waals surface area contributed by atoms with Gasteiger partial charge in [-0.15, -0.1) is 0 Å². The van der Waals surface area contributed by atoms with Crippen LogP contribution >= 0.6 is 0 Å². The average molecular weight is 245 g/mol. The van der Waals surface area contributed by atoms with E-state index in [0.29, 0.717) is 12.4 Å². The van der Waals surface area contributed by atoms with Gasteiger partial charge in [-0.05, 0) is 38.5 Å². The van der Waals surface area contributed by atoms with Crippen molar-refractivity contribution in [3.63, 3.8) is 0 Å². The van der Waals surface area contributed by atoms with E-state index in [1.165, 1.54) is 0 Å². The highest BCUT2D eigenvalue weighted by Gasteiger charge is 2.11. The van der Waals surface area contributed by atoms with E-state index in [1.807, 2.05) is 44.4 Å². The van der Waals surface area contributed by atoms with Crippen LogP contribution in [0.15, 0.2) is 35.1 Å². The van der Waals surface area contributed by atoms with Gasteiger partial charge in [0.05, 0.1) is 0 Å². The minimum atomic E-state index is -0.0145. The van der Waals surface area contributed by atoms with Gasteiger partial charge in [0.1, 0.15) is 5.82 Å². The molecule has 2 aromatic rings. The van der Waals surface area contributed by atoms with E-state index in [0.717, 1.165) is 10.8 Å². The van der Waals surface area contributed by atoms with E-state index in [4.69, 9.17) is 5.73 Å². The van der Waals surface area contributed by atoms with Gasteiger partial charge in [-0.2, -0.15) is 0 Å².